The fourth-order valence-corrected chi connectivity index (χ4v) is 4.51. The molecular weight excluding hydrogens is 536 g/mol. The number of carboxylic acid groups (broad SMARTS) is 2. The standard InChI is InChI=1S/C24H23ClN6O8/c1-4-23(3)14(10-37-24(20(33)34,21(35)36)9-13-5-7-27-8-6-13)39-19(16(23)38-12(2)32)31-11-28-15-17(26)29-22(25)30-18(15)31/h1,5-8,11,14,16,19H,9-10H2,2-3H3,(H,33,34)(H,35,36)(H2,26,29,30)/t14-,16+,19-,23+/m1/s1. The van der Waals surface area contributed by atoms with Gasteiger partial charge in [0.1, 0.15) is 11.6 Å². The normalized spacial score (nSPS) is 22.9. The summed E-state index contributed by atoms with van der Waals surface area (Å²) in [6.07, 6.45) is 6.00. The van der Waals surface area contributed by atoms with E-state index in [9.17, 15) is 24.6 Å². The predicted octanol–water partition coefficient (Wildman–Crippen LogP) is 1.09. The van der Waals surface area contributed by atoms with Gasteiger partial charge < -0.3 is 30.2 Å². The minimum atomic E-state index is -2.69. The highest BCUT2D eigenvalue weighted by molar-refractivity contribution is 6.28. The minimum Gasteiger partial charge on any atom is -0.479 e. The fourth-order valence-electron chi connectivity index (χ4n) is 4.34. The van der Waals surface area contributed by atoms with E-state index in [0.29, 0.717) is 5.56 Å². The summed E-state index contributed by atoms with van der Waals surface area (Å²) < 4.78 is 18.7. The smallest absolute Gasteiger partial charge is 0.348 e. The number of fused-ring (bicyclic) bond motifs is 1. The van der Waals surface area contributed by atoms with Crippen molar-refractivity contribution >= 4 is 46.5 Å². The Morgan fingerprint density at radius 1 is 1.28 bits per heavy atom. The number of halogens is 1. The van der Waals surface area contributed by atoms with Crippen molar-refractivity contribution in [3.8, 4) is 12.3 Å². The van der Waals surface area contributed by atoms with Crippen molar-refractivity contribution in [3.05, 3.63) is 41.7 Å². The molecule has 1 saturated heterocycles. The maximum Gasteiger partial charge on any atom is 0.348 e. The van der Waals surface area contributed by atoms with Gasteiger partial charge in [-0.05, 0) is 36.2 Å². The summed E-state index contributed by atoms with van der Waals surface area (Å²) in [5.41, 5.74) is 2.50. The molecule has 4 heterocycles. The molecule has 3 aromatic heterocycles. The van der Waals surface area contributed by atoms with Crippen molar-refractivity contribution in [1.29, 1.82) is 0 Å². The van der Waals surface area contributed by atoms with Gasteiger partial charge in [0.25, 0.3) is 5.60 Å². The summed E-state index contributed by atoms with van der Waals surface area (Å²) >= 11 is 5.98. The predicted molar refractivity (Wildman–Crippen MR) is 133 cm³/mol. The number of nitrogens with two attached hydrogens (primary N) is 1. The number of carbonyl (C=O) groups is 3. The first kappa shape index (κ1) is 27.7. The number of esters is 1. The van der Waals surface area contributed by atoms with E-state index < -0.39 is 60.4 Å². The van der Waals surface area contributed by atoms with Crippen LogP contribution in [0.5, 0.6) is 0 Å². The van der Waals surface area contributed by atoms with E-state index in [2.05, 4.69) is 25.9 Å². The van der Waals surface area contributed by atoms with Crippen LogP contribution in [-0.2, 0) is 35.0 Å². The lowest BCUT2D eigenvalue weighted by atomic mass is 9.81. The highest BCUT2D eigenvalue weighted by atomic mass is 35.5. The molecule has 0 amide bonds. The Balaban J connectivity index is 1.73. The van der Waals surface area contributed by atoms with Gasteiger partial charge >= 0.3 is 17.9 Å². The van der Waals surface area contributed by atoms with Crippen LogP contribution in [0.25, 0.3) is 11.2 Å². The van der Waals surface area contributed by atoms with E-state index >= 15 is 0 Å². The third kappa shape index (κ3) is 4.94. The zero-order chi connectivity index (χ0) is 28.5. The molecule has 0 unspecified atom stereocenters. The molecule has 0 spiro atoms. The zero-order valence-corrected chi connectivity index (χ0v) is 21.4. The Morgan fingerprint density at radius 3 is 2.54 bits per heavy atom. The molecule has 0 bridgehead atoms. The van der Waals surface area contributed by atoms with Gasteiger partial charge in [0.05, 0.1) is 18.3 Å². The van der Waals surface area contributed by atoms with Crippen LogP contribution >= 0.6 is 11.6 Å². The molecule has 0 saturated carbocycles. The number of terminal acetylenes is 1. The molecule has 14 nitrogen and oxygen atoms in total. The molecule has 0 radical (unpaired) electrons. The summed E-state index contributed by atoms with van der Waals surface area (Å²) in [6.45, 7) is 2.12. The van der Waals surface area contributed by atoms with Crippen molar-refractivity contribution in [1.82, 2.24) is 24.5 Å². The van der Waals surface area contributed by atoms with Crippen molar-refractivity contribution in [2.45, 2.75) is 44.3 Å². The summed E-state index contributed by atoms with van der Waals surface area (Å²) in [5, 5.41) is 19.7. The Labute approximate surface area is 226 Å². The minimum absolute atomic E-state index is 0.00538. The van der Waals surface area contributed by atoms with E-state index in [4.69, 9.17) is 38.0 Å². The number of anilines is 1. The van der Waals surface area contributed by atoms with Crippen LogP contribution in [0, 0.1) is 17.8 Å². The highest BCUT2D eigenvalue weighted by Gasteiger charge is 2.58. The summed E-state index contributed by atoms with van der Waals surface area (Å²) in [6, 6.07) is 2.94. The van der Waals surface area contributed by atoms with Crippen LogP contribution in [0.3, 0.4) is 0 Å². The van der Waals surface area contributed by atoms with E-state index in [1.54, 1.807) is 0 Å². The molecule has 4 atom stereocenters. The molecular formula is C24H23ClN6O8. The van der Waals surface area contributed by atoms with E-state index in [0.717, 1.165) is 0 Å². The van der Waals surface area contributed by atoms with Gasteiger partial charge in [-0.25, -0.2) is 14.6 Å². The number of hydrogen-bond acceptors (Lipinski definition) is 11. The first-order valence-corrected chi connectivity index (χ1v) is 11.8. The van der Waals surface area contributed by atoms with Crippen LogP contribution < -0.4 is 5.73 Å². The van der Waals surface area contributed by atoms with E-state index in [1.165, 1.54) is 49.3 Å². The lowest BCUT2D eigenvalue weighted by Gasteiger charge is -2.32. The monoisotopic (exact) mass is 558 g/mol. The number of aliphatic carboxylic acids is 2. The molecule has 4 N–H and O–H groups in total. The summed E-state index contributed by atoms with van der Waals surface area (Å²) in [7, 11) is 0. The Morgan fingerprint density at radius 2 is 1.95 bits per heavy atom. The number of ether oxygens (including phenoxy) is 3. The number of carboxylic acids is 2. The summed E-state index contributed by atoms with van der Waals surface area (Å²) in [4.78, 5) is 52.6. The quantitative estimate of drug-likeness (QED) is 0.146. The van der Waals surface area contributed by atoms with Crippen molar-refractivity contribution in [3.63, 3.8) is 0 Å². The van der Waals surface area contributed by atoms with Crippen LogP contribution in [0.2, 0.25) is 5.28 Å². The second-order valence-corrected chi connectivity index (χ2v) is 9.29. The molecule has 0 aliphatic carbocycles. The number of imidazole rings is 1. The summed E-state index contributed by atoms with van der Waals surface area (Å²) in [5.74, 6) is -1.61. The molecule has 1 aliphatic heterocycles. The van der Waals surface area contributed by atoms with Crippen molar-refractivity contribution in [2.75, 3.05) is 12.3 Å². The van der Waals surface area contributed by atoms with Crippen molar-refractivity contribution in [2.24, 2.45) is 5.41 Å². The van der Waals surface area contributed by atoms with Crippen LogP contribution in [-0.4, -0.2) is 77.0 Å². The number of carbonyl (C=O) groups excluding carboxylic acids is 1. The number of nitrogens with zero attached hydrogens (tertiary/aromatic N) is 5. The van der Waals surface area contributed by atoms with Crippen LogP contribution in [0.4, 0.5) is 5.82 Å². The van der Waals surface area contributed by atoms with E-state index in [-0.39, 0.29) is 22.3 Å². The Hall–Kier alpha value is -4.32. The van der Waals surface area contributed by atoms with E-state index in [1.807, 2.05) is 0 Å². The molecule has 0 aromatic carbocycles. The SMILES string of the molecule is C#C[C@@]1(C)[C@@H](COC(Cc2ccncc2)(C(=O)O)C(=O)O)O[C@@H](n2cnc3c(N)nc(Cl)nc32)[C@@H]1OC(C)=O. The number of aromatic nitrogens is 5. The molecule has 1 fully saturated rings. The van der Waals surface area contributed by atoms with Gasteiger partial charge in [-0.1, -0.05) is 5.92 Å². The first-order chi connectivity index (χ1) is 18.4. The molecule has 1 aliphatic rings. The maximum atomic E-state index is 12.3. The van der Waals surface area contributed by atoms with Crippen LogP contribution in [0.15, 0.2) is 30.9 Å². The third-order valence-corrected chi connectivity index (χ3v) is 6.67. The van der Waals surface area contributed by atoms with Gasteiger partial charge in [0.2, 0.25) is 5.28 Å². The Kier molecular flexibility index (Phi) is 7.42. The van der Waals surface area contributed by atoms with Gasteiger partial charge in [0, 0.05) is 25.7 Å². The Bertz CT molecular complexity index is 1460. The van der Waals surface area contributed by atoms with Gasteiger partial charge in [0.15, 0.2) is 23.8 Å². The molecule has 3 aromatic rings. The maximum absolute atomic E-state index is 12.3. The average Bonchev–Trinajstić information content (AvgIpc) is 3.41. The lowest BCUT2D eigenvalue weighted by Crippen LogP contribution is -2.53. The molecule has 39 heavy (non-hydrogen) atoms. The van der Waals surface area contributed by atoms with Crippen LogP contribution in [0.1, 0.15) is 25.6 Å². The molecule has 204 valence electrons. The molecule has 15 heteroatoms. The van der Waals surface area contributed by atoms with Gasteiger partial charge in [-0.3, -0.25) is 14.3 Å². The number of nitrogen functional groups attached to an aromatic ring is 1. The largest absolute Gasteiger partial charge is 0.479 e. The number of hydrogen-bond donors (Lipinski definition) is 3. The topological polar surface area (TPSA) is 202 Å². The zero-order valence-electron chi connectivity index (χ0n) is 20.6. The van der Waals surface area contributed by atoms with Crippen molar-refractivity contribution < 1.29 is 38.8 Å². The highest BCUT2D eigenvalue weighted by Crippen LogP contribution is 2.46. The fraction of sp³-hybridized carbons (Fsp3) is 0.375. The number of pyridine rings is 1. The van der Waals surface area contributed by atoms with Gasteiger partial charge in [-0.15, -0.1) is 6.42 Å². The lowest BCUT2D eigenvalue weighted by molar-refractivity contribution is -0.189. The second kappa shape index (κ2) is 10.4. The average molecular weight is 559 g/mol. The first-order valence-electron chi connectivity index (χ1n) is 11.4. The third-order valence-electron chi connectivity index (χ3n) is 6.50. The second-order valence-electron chi connectivity index (χ2n) is 8.95. The number of rotatable bonds is 9. The van der Waals surface area contributed by atoms with Gasteiger partial charge in [-0.2, -0.15) is 9.97 Å². The molecule has 4 rings (SSSR count).